The van der Waals surface area contributed by atoms with Gasteiger partial charge in [-0.3, -0.25) is 20.4 Å². The smallest absolute Gasteiger partial charge is 0.421 e. The lowest BCUT2D eigenvalue weighted by Gasteiger charge is -2.32. The molecular formula is C21H25F3N6O2. The van der Waals surface area contributed by atoms with E-state index in [1.54, 1.807) is 12.3 Å². The molecule has 0 saturated carbocycles. The number of rotatable bonds is 5. The standard InChI is InChI=1S/C21H25F3N6O2/c1-3-16(31)30-7-5-13(10-30)29-19-17-15(27-11-28-19)4-6-25-18(17)12-8-14(21(22,23)24)20(32-2)26-9-12/h4,6,8-9,13,19,27-29H,3,5,7,10-11H2,1-2H3/t13-,19+/m0/s1. The van der Waals surface area contributed by atoms with Gasteiger partial charge in [0.1, 0.15) is 5.56 Å². The normalized spacial score (nSPS) is 20.6. The number of pyridine rings is 2. The maximum atomic E-state index is 13.5. The van der Waals surface area contributed by atoms with E-state index < -0.39 is 17.6 Å². The molecule has 1 saturated heterocycles. The molecule has 172 valence electrons. The quantitative estimate of drug-likeness (QED) is 0.645. The molecule has 1 amide bonds. The van der Waals surface area contributed by atoms with Gasteiger partial charge in [-0.2, -0.15) is 13.2 Å². The van der Waals surface area contributed by atoms with Crippen LogP contribution < -0.4 is 20.7 Å². The average molecular weight is 450 g/mol. The van der Waals surface area contributed by atoms with Crippen LogP contribution in [-0.2, 0) is 11.0 Å². The van der Waals surface area contributed by atoms with Crippen molar-refractivity contribution in [2.45, 2.75) is 38.1 Å². The highest BCUT2D eigenvalue weighted by atomic mass is 19.4. The van der Waals surface area contributed by atoms with Gasteiger partial charge in [-0.25, -0.2) is 4.98 Å². The van der Waals surface area contributed by atoms with Gasteiger partial charge < -0.3 is 15.0 Å². The number of anilines is 1. The van der Waals surface area contributed by atoms with Gasteiger partial charge in [0, 0.05) is 54.8 Å². The van der Waals surface area contributed by atoms with E-state index in [0.29, 0.717) is 37.4 Å². The Morgan fingerprint density at radius 3 is 2.91 bits per heavy atom. The zero-order chi connectivity index (χ0) is 22.9. The number of aromatic nitrogens is 2. The maximum absolute atomic E-state index is 13.5. The number of hydrogen-bond donors (Lipinski definition) is 3. The summed E-state index contributed by atoms with van der Waals surface area (Å²) in [6, 6.07) is 2.86. The van der Waals surface area contributed by atoms with Crippen LogP contribution >= 0.6 is 0 Å². The second-order valence-electron chi connectivity index (χ2n) is 7.74. The topological polar surface area (TPSA) is 91.4 Å². The summed E-state index contributed by atoms with van der Waals surface area (Å²) in [4.78, 5) is 22.1. The Morgan fingerprint density at radius 1 is 1.38 bits per heavy atom. The molecule has 0 radical (unpaired) electrons. The van der Waals surface area contributed by atoms with Crippen molar-refractivity contribution in [2.75, 3.05) is 32.2 Å². The summed E-state index contributed by atoms with van der Waals surface area (Å²) in [5.41, 5.74) is 1.15. The van der Waals surface area contributed by atoms with E-state index in [4.69, 9.17) is 4.74 Å². The molecular weight excluding hydrogens is 425 g/mol. The van der Waals surface area contributed by atoms with Gasteiger partial charge in [0.25, 0.3) is 0 Å². The van der Waals surface area contributed by atoms with Gasteiger partial charge in [-0.1, -0.05) is 6.92 Å². The van der Waals surface area contributed by atoms with E-state index in [1.807, 2.05) is 11.8 Å². The van der Waals surface area contributed by atoms with Crippen molar-refractivity contribution in [3.05, 3.63) is 35.7 Å². The van der Waals surface area contributed by atoms with Crippen LogP contribution in [0, 0.1) is 0 Å². The molecule has 11 heteroatoms. The first-order valence-electron chi connectivity index (χ1n) is 10.4. The van der Waals surface area contributed by atoms with Gasteiger partial charge in [0.2, 0.25) is 11.8 Å². The van der Waals surface area contributed by atoms with Gasteiger partial charge in [-0.05, 0) is 18.6 Å². The Hall–Kier alpha value is -2.92. The number of nitrogens with one attached hydrogen (secondary N) is 3. The third-order valence-corrected chi connectivity index (χ3v) is 5.73. The molecule has 0 aromatic carbocycles. The van der Waals surface area contributed by atoms with Crippen molar-refractivity contribution in [1.29, 1.82) is 0 Å². The molecule has 0 spiro atoms. The third-order valence-electron chi connectivity index (χ3n) is 5.73. The van der Waals surface area contributed by atoms with E-state index in [9.17, 15) is 18.0 Å². The summed E-state index contributed by atoms with van der Waals surface area (Å²) < 4.78 is 45.4. The molecule has 0 unspecified atom stereocenters. The van der Waals surface area contributed by atoms with Crippen LogP contribution in [0.3, 0.4) is 0 Å². The zero-order valence-electron chi connectivity index (χ0n) is 17.8. The number of carbonyl (C=O) groups excluding carboxylic acids is 1. The molecule has 2 aliphatic heterocycles. The molecule has 3 N–H and O–H groups in total. The van der Waals surface area contributed by atoms with Crippen molar-refractivity contribution in [3.8, 4) is 17.1 Å². The van der Waals surface area contributed by atoms with Crippen molar-refractivity contribution < 1.29 is 22.7 Å². The van der Waals surface area contributed by atoms with Crippen LogP contribution in [0.2, 0.25) is 0 Å². The van der Waals surface area contributed by atoms with E-state index >= 15 is 0 Å². The SMILES string of the molecule is CCC(=O)N1CC[C@H](N[C@H]2NCNc3ccnc(-c4cnc(OC)c(C(F)(F)F)c4)c32)C1. The van der Waals surface area contributed by atoms with Crippen LogP contribution in [0.4, 0.5) is 18.9 Å². The fraction of sp³-hybridized carbons (Fsp3) is 0.476. The van der Waals surface area contributed by atoms with E-state index in [-0.39, 0.29) is 23.7 Å². The van der Waals surface area contributed by atoms with E-state index in [2.05, 4.69) is 25.9 Å². The van der Waals surface area contributed by atoms with Crippen LogP contribution in [-0.4, -0.2) is 53.7 Å². The van der Waals surface area contributed by atoms with Crippen LogP contribution in [0.5, 0.6) is 5.88 Å². The molecule has 8 nitrogen and oxygen atoms in total. The highest BCUT2D eigenvalue weighted by Gasteiger charge is 2.37. The fourth-order valence-electron chi connectivity index (χ4n) is 4.17. The second kappa shape index (κ2) is 8.91. The summed E-state index contributed by atoms with van der Waals surface area (Å²) in [6.07, 6.45) is -0.826. The Labute approximate surface area is 183 Å². The number of ether oxygens (including phenoxy) is 1. The lowest BCUT2D eigenvalue weighted by molar-refractivity contribution is -0.139. The summed E-state index contributed by atoms with van der Waals surface area (Å²) in [5, 5.41) is 10.0. The van der Waals surface area contributed by atoms with Crippen molar-refractivity contribution in [1.82, 2.24) is 25.5 Å². The number of fused-ring (bicyclic) bond motifs is 1. The number of hydrogen-bond acceptors (Lipinski definition) is 7. The van der Waals surface area contributed by atoms with Crippen LogP contribution in [0.1, 0.15) is 37.1 Å². The molecule has 0 aliphatic carbocycles. The monoisotopic (exact) mass is 450 g/mol. The van der Waals surface area contributed by atoms with Crippen molar-refractivity contribution in [3.63, 3.8) is 0 Å². The highest BCUT2D eigenvalue weighted by Crippen LogP contribution is 2.39. The van der Waals surface area contributed by atoms with Crippen LogP contribution in [0.25, 0.3) is 11.3 Å². The predicted molar refractivity (Wildman–Crippen MR) is 112 cm³/mol. The molecule has 2 atom stereocenters. The number of carbonyl (C=O) groups is 1. The first-order valence-corrected chi connectivity index (χ1v) is 10.4. The number of likely N-dealkylation sites (tertiary alicyclic amines) is 1. The summed E-state index contributed by atoms with van der Waals surface area (Å²) in [5.74, 6) is -0.372. The second-order valence-corrected chi connectivity index (χ2v) is 7.74. The van der Waals surface area contributed by atoms with E-state index in [0.717, 1.165) is 25.3 Å². The minimum Gasteiger partial charge on any atom is -0.481 e. The average Bonchev–Trinajstić information content (AvgIpc) is 3.26. The summed E-state index contributed by atoms with van der Waals surface area (Å²) in [7, 11) is 1.15. The maximum Gasteiger partial charge on any atom is 0.421 e. The number of amides is 1. The fourth-order valence-corrected chi connectivity index (χ4v) is 4.17. The third kappa shape index (κ3) is 4.35. The lowest BCUT2D eigenvalue weighted by Crippen LogP contribution is -2.46. The van der Waals surface area contributed by atoms with E-state index in [1.165, 1.54) is 6.20 Å². The Morgan fingerprint density at radius 2 is 2.19 bits per heavy atom. The Balaban J connectivity index is 1.67. The molecule has 4 heterocycles. The van der Waals surface area contributed by atoms with Gasteiger partial charge >= 0.3 is 6.18 Å². The molecule has 2 aromatic heterocycles. The number of methoxy groups -OCH3 is 1. The van der Waals surface area contributed by atoms with Gasteiger partial charge in [0.15, 0.2) is 0 Å². The summed E-state index contributed by atoms with van der Waals surface area (Å²) >= 11 is 0. The van der Waals surface area contributed by atoms with Crippen LogP contribution in [0.15, 0.2) is 24.5 Å². The molecule has 2 aromatic rings. The summed E-state index contributed by atoms with van der Waals surface area (Å²) in [6.45, 7) is 3.59. The molecule has 2 aliphatic rings. The lowest BCUT2D eigenvalue weighted by atomic mass is 10.00. The first kappa shape index (κ1) is 22.3. The molecule has 1 fully saturated rings. The number of halogens is 3. The number of nitrogens with zero attached hydrogens (tertiary/aromatic N) is 3. The minimum atomic E-state index is -4.61. The molecule has 4 rings (SSSR count). The molecule has 32 heavy (non-hydrogen) atoms. The molecule has 0 bridgehead atoms. The largest absolute Gasteiger partial charge is 0.481 e. The predicted octanol–water partition coefficient (Wildman–Crippen LogP) is 2.74. The van der Waals surface area contributed by atoms with Crippen molar-refractivity contribution >= 4 is 11.6 Å². The Bertz CT molecular complexity index is 1000. The zero-order valence-corrected chi connectivity index (χ0v) is 17.8. The van der Waals surface area contributed by atoms with Gasteiger partial charge in [-0.15, -0.1) is 0 Å². The first-order chi connectivity index (χ1) is 15.3. The van der Waals surface area contributed by atoms with Gasteiger partial charge in [0.05, 0.1) is 25.6 Å². The van der Waals surface area contributed by atoms with Crippen molar-refractivity contribution in [2.24, 2.45) is 0 Å². The Kier molecular flexibility index (Phi) is 6.20. The highest BCUT2D eigenvalue weighted by molar-refractivity contribution is 5.76. The number of alkyl halides is 3. The minimum absolute atomic E-state index is 0.0572.